The summed E-state index contributed by atoms with van der Waals surface area (Å²) in [5, 5.41) is 12.9. The van der Waals surface area contributed by atoms with E-state index in [1.54, 1.807) is 18.5 Å². The van der Waals surface area contributed by atoms with E-state index >= 15 is 0 Å². The zero-order valence-electron chi connectivity index (χ0n) is 16.5. The summed E-state index contributed by atoms with van der Waals surface area (Å²) in [4.78, 5) is 16.5. The van der Waals surface area contributed by atoms with Gasteiger partial charge in [-0.1, -0.05) is 29.4 Å². The first-order valence-corrected chi connectivity index (χ1v) is 11.1. The lowest BCUT2D eigenvalue weighted by atomic mass is 10.2. The summed E-state index contributed by atoms with van der Waals surface area (Å²) in [6.45, 7) is 3.36. The number of rotatable bonds is 7. The minimum Gasteiger partial charge on any atom is -0.376 e. The van der Waals surface area contributed by atoms with Crippen LogP contribution in [0.1, 0.15) is 18.4 Å². The summed E-state index contributed by atoms with van der Waals surface area (Å²) in [5.41, 5.74) is 2.57. The van der Waals surface area contributed by atoms with E-state index in [4.69, 9.17) is 16.3 Å². The van der Waals surface area contributed by atoms with Gasteiger partial charge in [-0.15, -0.1) is 10.2 Å². The van der Waals surface area contributed by atoms with Crippen LogP contribution in [-0.2, 0) is 16.1 Å². The van der Waals surface area contributed by atoms with Gasteiger partial charge in [-0.3, -0.25) is 14.3 Å². The van der Waals surface area contributed by atoms with Gasteiger partial charge >= 0.3 is 0 Å². The third kappa shape index (κ3) is 5.00. The van der Waals surface area contributed by atoms with Crippen molar-refractivity contribution in [3.8, 4) is 11.4 Å². The maximum atomic E-state index is 12.4. The zero-order chi connectivity index (χ0) is 20.9. The molecule has 4 rings (SSSR count). The van der Waals surface area contributed by atoms with E-state index in [-0.39, 0.29) is 17.8 Å². The molecule has 1 aliphatic heterocycles. The standard InChI is InChI=1S/C21H22ClN5O2S/c1-14-4-5-16(11-18(14)22)24-19(28)13-30-21-26-25-20(15-6-8-23-9-7-15)27(21)12-17-3-2-10-29-17/h4-9,11,17H,2-3,10,12-13H2,1H3,(H,24,28). The van der Waals surface area contributed by atoms with Crippen molar-refractivity contribution in [1.82, 2.24) is 19.7 Å². The molecule has 0 spiro atoms. The number of hydrogen-bond acceptors (Lipinski definition) is 6. The fourth-order valence-electron chi connectivity index (χ4n) is 3.26. The van der Waals surface area contributed by atoms with Crippen molar-refractivity contribution in [1.29, 1.82) is 0 Å². The Labute approximate surface area is 184 Å². The molecule has 0 saturated carbocycles. The molecule has 156 valence electrons. The molecule has 3 heterocycles. The normalized spacial score (nSPS) is 16.0. The van der Waals surface area contributed by atoms with E-state index in [0.717, 1.165) is 36.4 Å². The molecule has 7 nitrogen and oxygen atoms in total. The van der Waals surface area contributed by atoms with Crippen LogP contribution in [0.4, 0.5) is 5.69 Å². The van der Waals surface area contributed by atoms with Crippen molar-refractivity contribution in [2.24, 2.45) is 0 Å². The van der Waals surface area contributed by atoms with Crippen molar-refractivity contribution in [3.63, 3.8) is 0 Å². The first kappa shape index (κ1) is 20.8. The number of nitrogens with zero attached hydrogens (tertiary/aromatic N) is 4. The fraction of sp³-hybridized carbons (Fsp3) is 0.333. The molecule has 1 aromatic carbocycles. The van der Waals surface area contributed by atoms with Gasteiger partial charge in [-0.2, -0.15) is 0 Å². The summed E-state index contributed by atoms with van der Waals surface area (Å²) < 4.78 is 7.84. The number of anilines is 1. The SMILES string of the molecule is Cc1ccc(NC(=O)CSc2nnc(-c3ccncc3)n2CC2CCCO2)cc1Cl. The largest absolute Gasteiger partial charge is 0.376 e. The predicted octanol–water partition coefficient (Wildman–Crippen LogP) is 4.21. The average Bonchev–Trinajstić information content (AvgIpc) is 3.40. The number of ether oxygens (including phenoxy) is 1. The summed E-state index contributed by atoms with van der Waals surface area (Å²) in [6, 6.07) is 9.27. The van der Waals surface area contributed by atoms with Crippen molar-refractivity contribution in [3.05, 3.63) is 53.3 Å². The van der Waals surface area contributed by atoms with Crippen molar-refractivity contribution in [2.45, 2.75) is 37.6 Å². The Hall–Kier alpha value is -2.42. The van der Waals surface area contributed by atoms with Crippen LogP contribution in [0.5, 0.6) is 0 Å². The number of benzene rings is 1. The summed E-state index contributed by atoms with van der Waals surface area (Å²) in [5.74, 6) is 0.837. The monoisotopic (exact) mass is 443 g/mol. The number of thioether (sulfide) groups is 1. The molecule has 1 atom stereocenters. The van der Waals surface area contributed by atoms with Crippen LogP contribution >= 0.6 is 23.4 Å². The van der Waals surface area contributed by atoms with Crippen molar-refractivity contribution < 1.29 is 9.53 Å². The highest BCUT2D eigenvalue weighted by atomic mass is 35.5. The third-order valence-electron chi connectivity index (χ3n) is 4.85. The van der Waals surface area contributed by atoms with Gasteiger partial charge < -0.3 is 10.1 Å². The molecule has 0 radical (unpaired) electrons. The molecule has 1 amide bonds. The van der Waals surface area contributed by atoms with Gasteiger partial charge in [0, 0.05) is 35.3 Å². The van der Waals surface area contributed by atoms with E-state index in [0.29, 0.717) is 22.4 Å². The number of aromatic nitrogens is 4. The number of amides is 1. The molecule has 1 fully saturated rings. The first-order chi connectivity index (χ1) is 14.6. The minimum absolute atomic E-state index is 0.128. The molecule has 1 N–H and O–H groups in total. The molecular formula is C21H22ClN5O2S. The van der Waals surface area contributed by atoms with Crippen LogP contribution in [-0.4, -0.2) is 44.1 Å². The van der Waals surface area contributed by atoms with E-state index in [1.807, 2.05) is 35.8 Å². The lowest BCUT2D eigenvalue weighted by molar-refractivity contribution is -0.113. The molecule has 9 heteroatoms. The second-order valence-electron chi connectivity index (χ2n) is 7.09. The number of hydrogen-bond donors (Lipinski definition) is 1. The maximum Gasteiger partial charge on any atom is 0.234 e. The van der Waals surface area contributed by atoms with Crippen LogP contribution in [0, 0.1) is 6.92 Å². The van der Waals surface area contributed by atoms with Gasteiger partial charge in [0.05, 0.1) is 18.4 Å². The summed E-state index contributed by atoms with van der Waals surface area (Å²) in [6.07, 6.45) is 5.65. The number of carbonyl (C=O) groups excluding carboxylic acids is 1. The van der Waals surface area contributed by atoms with Crippen LogP contribution in [0.2, 0.25) is 5.02 Å². The Morgan fingerprint density at radius 3 is 2.87 bits per heavy atom. The van der Waals surface area contributed by atoms with Gasteiger partial charge in [0.1, 0.15) is 0 Å². The smallest absolute Gasteiger partial charge is 0.234 e. The quantitative estimate of drug-likeness (QED) is 0.551. The second kappa shape index (κ2) is 9.59. The van der Waals surface area contributed by atoms with E-state index < -0.39 is 0 Å². The Kier molecular flexibility index (Phi) is 6.66. The number of halogens is 1. The van der Waals surface area contributed by atoms with Crippen molar-refractivity contribution in [2.75, 3.05) is 17.7 Å². The Balaban J connectivity index is 1.48. The van der Waals surface area contributed by atoms with Crippen LogP contribution < -0.4 is 5.32 Å². The molecule has 0 aliphatic carbocycles. The van der Waals surface area contributed by atoms with Gasteiger partial charge in [0.2, 0.25) is 5.91 Å². The molecule has 2 aromatic heterocycles. The highest BCUT2D eigenvalue weighted by molar-refractivity contribution is 7.99. The first-order valence-electron chi connectivity index (χ1n) is 9.74. The topological polar surface area (TPSA) is 81.9 Å². The molecule has 1 saturated heterocycles. The lowest BCUT2D eigenvalue weighted by Crippen LogP contribution is -2.18. The summed E-state index contributed by atoms with van der Waals surface area (Å²) >= 11 is 7.49. The predicted molar refractivity (Wildman–Crippen MR) is 118 cm³/mol. The zero-order valence-corrected chi connectivity index (χ0v) is 18.1. The highest BCUT2D eigenvalue weighted by Gasteiger charge is 2.22. The Morgan fingerprint density at radius 2 is 2.13 bits per heavy atom. The Morgan fingerprint density at radius 1 is 1.30 bits per heavy atom. The van der Waals surface area contributed by atoms with Gasteiger partial charge in [-0.05, 0) is 49.6 Å². The maximum absolute atomic E-state index is 12.4. The van der Waals surface area contributed by atoms with E-state index in [2.05, 4.69) is 20.5 Å². The molecule has 1 unspecified atom stereocenters. The highest BCUT2D eigenvalue weighted by Crippen LogP contribution is 2.27. The molecule has 3 aromatic rings. The molecular weight excluding hydrogens is 422 g/mol. The molecule has 30 heavy (non-hydrogen) atoms. The average molecular weight is 444 g/mol. The van der Waals surface area contributed by atoms with E-state index in [1.165, 1.54) is 11.8 Å². The van der Waals surface area contributed by atoms with Crippen LogP contribution in [0.15, 0.2) is 47.9 Å². The molecule has 0 bridgehead atoms. The van der Waals surface area contributed by atoms with Gasteiger partial charge in [0.15, 0.2) is 11.0 Å². The van der Waals surface area contributed by atoms with Crippen molar-refractivity contribution >= 4 is 35.0 Å². The summed E-state index contributed by atoms with van der Waals surface area (Å²) in [7, 11) is 0. The fourth-order valence-corrected chi connectivity index (χ4v) is 4.19. The van der Waals surface area contributed by atoms with Crippen LogP contribution in [0.3, 0.4) is 0 Å². The third-order valence-corrected chi connectivity index (χ3v) is 6.23. The van der Waals surface area contributed by atoms with Gasteiger partial charge in [-0.25, -0.2) is 0 Å². The van der Waals surface area contributed by atoms with Crippen LogP contribution in [0.25, 0.3) is 11.4 Å². The number of carbonyl (C=O) groups is 1. The number of pyridine rings is 1. The second-order valence-corrected chi connectivity index (χ2v) is 8.44. The van der Waals surface area contributed by atoms with E-state index in [9.17, 15) is 4.79 Å². The molecule has 1 aliphatic rings. The lowest BCUT2D eigenvalue weighted by Gasteiger charge is -2.14. The van der Waals surface area contributed by atoms with Gasteiger partial charge in [0.25, 0.3) is 0 Å². The number of aryl methyl sites for hydroxylation is 1. The minimum atomic E-state index is -0.128. The number of nitrogens with one attached hydrogen (secondary N) is 1. The Bertz CT molecular complexity index is 1020.